The van der Waals surface area contributed by atoms with Gasteiger partial charge in [0.05, 0.1) is 7.11 Å². The molecule has 0 aliphatic heterocycles. The molecule has 0 bridgehead atoms. The molecule has 72 valence electrons. The Morgan fingerprint density at radius 3 is 3.00 bits per heavy atom. The summed E-state index contributed by atoms with van der Waals surface area (Å²) in [6, 6.07) is 0.185. The number of nitrogens with zero attached hydrogens (tertiary/aromatic N) is 5. The summed E-state index contributed by atoms with van der Waals surface area (Å²) in [5.74, 6) is 0. The summed E-state index contributed by atoms with van der Waals surface area (Å²) in [5.41, 5.74) is 0.0671. The first-order valence-corrected chi connectivity index (χ1v) is 3.82. The van der Waals surface area contributed by atoms with Gasteiger partial charge in [0.1, 0.15) is 6.33 Å². The van der Waals surface area contributed by atoms with Gasteiger partial charge < -0.3 is 4.74 Å². The predicted octanol–water partition coefficient (Wildman–Crippen LogP) is -0.873. The van der Waals surface area contributed by atoms with Gasteiger partial charge in [-0.1, -0.05) is 0 Å². The molecular weight excluding hydrogens is 186 g/mol. The van der Waals surface area contributed by atoms with Gasteiger partial charge in [0, 0.05) is 7.05 Å². The van der Waals surface area contributed by atoms with Gasteiger partial charge in [0.2, 0.25) is 5.65 Å². The first kappa shape index (κ1) is 8.54. The maximum Gasteiger partial charge on any atom is 0.300 e. The van der Waals surface area contributed by atoms with Crippen molar-refractivity contribution in [3.05, 3.63) is 16.7 Å². The number of rotatable bonds is 1. The second-order valence-electron chi connectivity index (χ2n) is 2.59. The van der Waals surface area contributed by atoms with Crippen molar-refractivity contribution in [3.8, 4) is 6.01 Å². The molecule has 2 rings (SSSR count). The van der Waals surface area contributed by atoms with Gasteiger partial charge in [-0.2, -0.15) is 4.98 Å². The molecule has 0 saturated carbocycles. The van der Waals surface area contributed by atoms with Gasteiger partial charge in [-0.15, -0.1) is 10.2 Å². The Hall–Kier alpha value is -2.05. The van der Waals surface area contributed by atoms with Gasteiger partial charge in [-0.25, -0.2) is 4.98 Å². The van der Waals surface area contributed by atoms with Crippen LogP contribution in [0.2, 0.25) is 0 Å². The largest absolute Gasteiger partial charge is 0.468 e. The molecule has 0 saturated heterocycles. The molecule has 0 fully saturated rings. The Morgan fingerprint density at radius 2 is 2.29 bits per heavy atom. The highest BCUT2D eigenvalue weighted by Crippen LogP contribution is 2.05. The Balaban J connectivity index is 2.92. The van der Waals surface area contributed by atoms with E-state index in [4.69, 9.17) is 4.74 Å². The van der Waals surface area contributed by atoms with Gasteiger partial charge in [0.25, 0.3) is 5.56 Å². The molecule has 14 heavy (non-hydrogen) atoms. The molecule has 7 heteroatoms. The SMILES string of the molecule is COc1nc2nncnc2c(=O)n1C. The normalized spacial score (nSPS) is 10.4. The number of hydrogen-bond acceptors (Lipinski definition) is 6. The van der Waals surface area contributed by atoms with E-state index >= 15 is 0 Å². The molecule has 0 aliphatic rings. The lowest BCUT2D eigenvalue weighted by Crippen LogP contribution is -2.21. The zero-order chi connectivity index (χ0) is 10.1. The lowest BCUT2D eigenvalue weighted by Gasteiger charge is -2.04. The minimum atomic E-state index is -0.304. The van der Waals surface area contributed by atoms with Crippen LogP contribution in [0.3, 0.4) is 0 Å². The van der Waals surface area contributed by atoms with E-state index in [1.165, 1.54) is 18.0 Å². The molecule has 0 amide bonds. The number of ether oxygens (including phenoxy) is 1. The van der Waals surface area contributed by atoms with Crippen molar-refractivity contribution < 1.29 is 4.74 Å². The minimum absolute atomic E-state index is 0.184. The summed E-state index contributed by atoms with van der Waals surface area (Å²) in [6.45, 7) is 0. The quantitative estimate of drug-likeness (QED) is 0.585. The Labute approximate surface area is 78.4 Å². The molecule has 2 aromatic rings. The van der Waals surface area contributed by atoms with Crippen LogP contribution >= 0.6 is 0 Å². The second kappa shape index (κ2) is 3.02. The molecule has 0 spiro atoms. The van der Waals surface area contributed by atoms with E-state index in [-0.39, 0.29) is 22.7 Å². The molecule has 0 radical (unpaired) electrons. The smallest absolute Gasteiger partial charge is 0.300 e. The molecule has 2 heterocycles. The fraction of sp³-hybridized carbons (Fsp3) is 0.286. The Morgan fingerprint density at radius 1 is 1.50 bits per heavy atom. The van der Waals surface area contributed by atoms with E-state index in [1.807, 2.05) is 0 Å². The predicted molar refractivity (Wildman–Crippen MR) is 46.9 cm³/mol. The lowest BCUT2D eigenvalue weighted by molar-refractivity contribution is 0.358. The van der Waals surface area contributed by atoms with Crippen molar-refractivity contribution in [2.24, 2.45) is 7.05 Å². The number of hydrogen-bond donors (Lipinski definition) is 0. The van der Waals surface area contributed by atoms with Crippen LogP contribution in [-0.4, -0.2) is 31.8 Å². The van der Waals surface area contributed by atoms with Crippen molar-refractivity contribution >= 4 is 11.2 Å². The Bertz CT molecular complexity index is 535. The maximum absolute atomic E-state index is 11.6. The molecular formula is C7H7N5O2. The summed E-state index contributed by atoms with van der Waals surface area (Å²) in [5, 5.41) is 7.21. The van der Waals surface area contributed by atoms with Crippen LogP contribution in [0.25, 0.3) is 11.2 Å². The van der Waals surface area contributed by atoms with Crippen LogP contribution in [0, 0.1) is 0 Å². The third-order valence-corrected chi connectivity index (χ3v) is 1.78. The first-order chi connectivity index (χ1) is 6.74. The fourth-order valence-corrected chi connectivity index (χ4v) is 1.09. The topological polar surface area (TPSA) is 82.8 Å². The van der Waals surface area contributed by atoms with E-state index in [0.717, 1.165) is 0 Å². The van der Waals surface area contributed by atoms with Gasteiger partial charge in [0.15, 0.2) is 5.52 Å². The summed E-state index contributed by atoms with van der Waals surface area (Å²) in [6.07, 6.45) is 1.21. The van der Waals surface area contributed by atoms with Crippen LogP contribution in [0.15, 0.2) is 11.1 Å². The summed E-state index contributed by atoms with van der Waals surface area (Å²) in [4.78, 5) is 19.4. The average molecular weight is 193 g/mol. The van der Waals surface area contributed by atoms with Crippen molar-refractivity contribution in [2.75, 3.05) is 7.11 Å². The van der Waals surface area contributed by atoms with Crippen molar-refractivity contribution in [1.29, 1.82) is 0 Å². The standard InChI is InChI=1S/C7H7N5O2/c1-12-6(13)4-5(10-7(12)14-2)11-9-3-8-4/h3H,1-2H3. The molecule has 0 N–H and O–H groups in total. The highest BCUT2D eigenvalue weighted by atomic mass is 16.5. The summed E-state index contributed by atoms with van der Waals surface area (Å²) < 4.78 is 6.15. The molecule has 2 aromatic heterocycles. The lowest BCUT2D eigenvalue weighted by atomic mass is 10.5. The fourth-order valence-electron chi connectivity index (χ4n) is 1.09. The third kappa shape index (κ3) is 1.10. The van der Waals surface area contributed by atoms with Crippen LogP contribution < -0.4 is 10.3 Å². The van der Waals surface area contributed by atoms with E-state index in [2.05, 4.69) is 20.2 Å². The average Bonchev–Trinajstić information content (AvgIpc) is 2.23. The molecule has 0 unspecified atom stereocenters. The highest BCUT2D eigenvalue weighted by Gasteiger charge is 2.09. The molecule has 0 aliphatic carbocycles. The molecule has 0 aromatic carbocycles. The van der Waals surface area contributed by atoms with Crippen molar-refractivity contribution in [1.82, 2.24) is 24.7 Å². The molecule has 7 nitrogen and oxygen atoms in total. The number of methoxy groups -OCH3 is 1. The second-order valence-corrected chi connectivity index (χ2v) is 2.59. The molecule has 0 atom stereocenters. The Kier molecular flexibility index (Phi) is 1.84. The summed E-state index contributed by atoms with van der Waals surface area (Å²) >= 11 is 0. The van der Waals surface area contributed by atoms with E-state index in [9.17, 15) is 4.79 Å². The van der Waals surface area contributed by atoms with Crippen LogP contribution in [0.1, 0.15) is 0 Å². The van der Waals surface area contributed by atoms with Crippen molar-refractivity contribution in [2.45, 2.75) is 0 Å². The maximum atomic E-state index is 11.6. The van der Waals surface area contributed by atoms with Crippen LogP contribution in [0.4, 0.5) is 0 Å². The minimum Gasteiger partial charge on any atom is -0.468 e. The van der Waals surface area contributed by atoms with E-state index in [0.29, 0.717) is 0 Å². The zero-order valence-electron chi connectivity index (χ0n) is 7.63. The number of aromatic nitrogens is 5. The first-order valence-electron chi connectivity index (χ1n) is 3.82. The summed E-state index contributed by atoms with van der Waals surface area (Å²) in [7, 11) is 2.98. The third-order valence-electron chi connectivity index (χ3n) is 1.78. The van der Waals surface area contributed by atoms with Crippen LogP contribution in [0.5, 0.6) is 6.01 Å². The van der Waals surface area contributed by atoms with E-state index < -0.39 is 0 Å². The highest BCUT2D eigenvalue weighted by molar-refractivity contribution is 5.67. The van der Waals surface area contributed by atoms with Crippen molar-refractivity contribution in [3.63, 3.8) is 0 Å². The zero-order valence-corrected chi connectivity index (χ0v) is 7.63. The van der Waals surface area contributed by atoms with E-state index in [1.54, 1.807) is 7.05 Å². The van der Waals surface area contributed by atoms with Gasteiger partial charge in [-0.05, 0) is 0 Å². The monoisotopic (exact) mass is 193 g/mol. The van der Waals surface area contributed by atoms with Gasteiger partial charge >= 0.3 is 6.01 Å². The van der Waals surface area contributed by atoms with Crippen LogP contribution in [-0.2, 0) is 7.05 Å². The van der Waals surface area contributed by atoms with Gasteiger partial charge in [-0.3, -0.25) is 9.36 Å². The number of fused-ring (bicyclic) bond motifs is 1.